The molecule has 0 fully saturated rings. The molecule has 0 aliphatic rings. The fourth-order valence-electron chi connectivity index (χ4n) is 2.20. The maximum atomic E-state index is 11.3. The average Bonchev–Trinajstić information content (AvgIpc) is 2.60. The van der Waals surface area contributed by atoms with Crippen LogP contribution in [0.25, 0.3) is 0 Å². The summed E-state index contributed by atoms with van der Waals surface area (Å²) in [5, 5.41) is 2.88. The van der Waals surface area contributed by atoms with Crippen LogP contribution in [0.1, 0.15) is 24.5 Å². The van der Waals surface area contributed by atoms with E-state index in [1.807, 2.05) is 55.5 Å². The Bertz CT molecular complexity index is 626. The minimum absolute atomic E-state index is 0.0686. The summed E-state index contributed by atoms with van der Waals surface area (Å²) in [6.45, 7) is 2.96. The van der Waals surface area contributed by atoms with Crippen molar-refractivity contribution < 1.29 is 14.3 Å². The minimum Gasteiger partial charge on any atom is -0.493 e. The van der Waals surface area contributed by atoms with Gasteiger partial charge < -0.3 is 14.8 Å². The summed E-state index contributed by atoms with van der Waals surface area (Å²) >= 11 is 0. The van der Waals surface area contributed by atoms with Crippen LogP contribution in [0, 0.1) is 0 Å². The van der Waals surface area contributed by atoms with E-state index in [0.717, 1.165) is 23.3 Å². The molecule has 2 aromatic rings. The maximum absolute atomic E-state index is 11.3. The molecule has 122 valence electrons. The van der Waals surface area contributed by atoms with Crippen LogP contribution in [-0.2, 0) is 17.8 Å². The van der Waals surface area contributed by atoms with Crippen molar-refractivity contribution in [2.45, 2.75) is 26.4 Å². The first-order chi connectivity index (χ1) is 11.2. The molecule has 0 aliphatic heterocycles. The van der Waals surface area contributed by atoms with E-state index in [9.17, 15) is 4.79 Å². The predicted molar refractivity (Wildman–Crippen MR) is 90.8 cm³/mol. The molecule has 0 saturated heterocycles. The molecule has 0 aromatic heterocycles. The third-order valence-corrected chi connectivity index (χ3v) is 3.52. The van der Waals surface area contributed by atoms with Gasteiger partial charge >= 0.3 is 0 Å². The Balaban J connectivity index is 1.99. The van der Waals surface area contributed by atoms with Gasteiger partial charge in [-0.1, -0.05) is 43.3 Å². The summed E-state index contributed by atoms with van der Waals surface area (Å²) in [6.07, 6.45) is 1.27. The van der Waals surface area contributed by atoms with Crippen molar-refractivity contribution in [1.82, 2.24) is 5.32 Å². The normalized spacial score (nSPS) is 10.2. The molecule has 2 rings (SSSR count). The SMILES string of the molecule is CCC(=O)NCCc1ccc(OC)c(OCc2ccccc2)c1. The first kappa shape index (κ1) is 16.9. The lowest BCUT2D eigenvalue weighted by atomic mass is 10.1. The number of carbonyl (C=O) groups is 1. The maximum Gasteiger partial charge on any atom is 0.219 e. The number of hydrogen-bond acceptors (Lipinski definition) is 3. The predicted octanol–water partition coefficient (Wildman–Crippen LogP) is 3.34. The highest BCUT2D eigenvalue weighted by atomic mass is 16.5. The largest absolute Gasteiger partial charge is 0.493 e. The molecule has 1 N–H and O–H groups in total. The lowest BCUT2D eigenvalue weighted by Crippen LogP contribution is -2.24. The highest BCUT2D eigenvalue weighted by Gasteiger charge is 2.07. The molecule has 4 heteroatoms. The second-order valence-electron chi connectivity index (χ2n) is 5.21. The van der Waals surface area contributed by atoms with Crippen molar-refractivity contribution in [1.29, 1.82) is 0 Å². The van der Waals surface area contributed by atoms with Crippen LogP contribution in [0.3, 0.4) is 0 Å². The van der Waals surface area contributed by atoms with Crippen molar-refractivity contribution in [3.8, 4) is 11.5 Å². The Kier molecular flexibility index (Phi) is 6.48. The second-order valence-corrected chi connectivity index (χ2v) is 5.21. The zero-order chi connectivity index (χ0) is 16.5. The number of benzene rings is 2. The number of hydrogen-bond donors (Lipinski definition) is 1. The third-order valence-electron chi connectivity index (χ3n) is 3.52. The smallest absolute Gasteiger partial charge is 0.219 e. The summed E-state index contributed by atoms with van der Waals surface area (Å²) in [6, 6.07) is 15.9. The van der Waals surface area contributed by atoms with Crippen molar-refractivity contribution in [3.05, 3.63) is 59.7 Å². The average molecular weight is 313 g/mol. The minimum atomic E-state index is 0.0686. The van der Waals surface area contributed by atoms with Gasteiger partial charge in [0, 0.05) is 13.0 Å². The Labute approximate surface area is 137 Å². The fraction of sp³-hybridized carbons (Fsp3) is 0.316. The molecule has 0 radical (unpaired) electrons. The Hall–Kier alpha value is -2.49. The van der Waals surface area contributed by atoms with E-state index in [1.165, 1.54) is 0 Å². The molecule has 2 aromatic carbocycles. The van der Waals surface area contributed by atoms with E-state index >= 15 is 0 Å². The van der Waals surface area contributed by atoms with Crippen LogP contribution < -0.4 is 14.8 Å². The molecule has 0 saturated carbocycles. The van der Waals surface area contributed by atoms with E-state index in [0.29, 0.717) is 25.3 Å². The summed E-state index contributed by atoms with van der Waals surface area (Å²) < 4.78 is 11.2. The lowest BCUT2D eigenvalue weighted by molar-refractivity contribution is -0.120. The van der Waals surface area contributed by atoms with Crippen LogP contribution in [0.15, 0.2) is 48.5 Å². The van der Waals surface area contributed by atoms with E-state index in [2.05, 4.69) is 5.32 Å². The Morgan fingerprint density at radius 2 is 1.83 bits per heavy atom. The summed E-state index contributed by atoms with van der Waals surface area (Å²) in [5.41, 5.74) is 2.21. The number of amides is 1. The molecular weight excluding hydrogens is 290 g/mol. The van der Waals surface area contributed by atoms with Gasteiger partial charge in [-0.3, -0.25) is 4.79 Å². The first-order valence-corrected chi connectivity index (χ1v) is 7.83. The van der Waals surface area contributed by atoms with Gasteiger partial charge in [0.1, 0.15) is 6.61 Å². The van der Waals surface area contributed by atoms with E-state index in [1.54, 1.807) is 7.11 Å². The standard InChI is InChI=1S/C19H23NO3/c1-3-19(21)20-12-11-15-9-10-17(22-2)18(13-15)23-14-16-7-5-4-6-8-16/h4-10,13H,3,11-12,14H2,1-2H3,(H,20,21). The van der Waals surface area contributed by atoms with Crippen LogP contribution in [0.2, 0.25) is 0 Å². The van der Waals surface area contributed by atoms with Crippen molar-refractivity contribution >= 4 is 5.91 Å². The highest BCUT2D eigenvalue weighted by Crippen LogP contribution is 2.29. The van der Waals surface area contributed by atoms with Gasteiger partial charge in [-0.2, -0.15) is 0 Å². The highest BCUT2D eigenvalue weighted by molar-refractivity contribution is 5.75. The molecule has 23 heavy (non-hydrogen) atoms. The van der Waals surface area contributed by atoms with Crippen LogP contribution in [0.5, 0.6) is 11.5 Å². The number of nitrogens with one attached hydrogen (secondary N) is 1. The fourth-order valence-corrected chi connectivity index (χ4v) is 2.20. The number of rotatable bonds is 8. The number of carbonyl (C=O) groups excluding carboxylic acids is 1. The van der Waals surface area contributed by atoms with Crippen molar-refractivity contribution in [2.75, 3.05) is 13.7 Å². The summed E-state index contributed by atoms with van der Waals surface area (Å²) in [7, 11) is 1.63. The van der Waals surface area contributed by atoms with E-state index in [-0.39, 0.29) is 5.91 Å². The van der Waals surface area contributed by atoms with E-state index < -0.39 is 0 Å². The molecule has 0 bridgehead atoms. The molecule has 0 unspecified atom stereocenters. The van der Waals surface area contributed by atoms with Gasteiger partial charge in [-0.15, -0.1) is 0 Å². The van der Waals surface area contributed by atoms with Gasteiger partial charge in [0.25, 0.3) is 0 Å². The molecular formula is C19H23NO3. The van der Waals surface area contributed by atoms with E-state index in [4.69, 9.17) is 9.47 Å². The van der Waals surface area contributed by atoms with Gasteiger partial charge in [0.15, 0.2) is 11.5 Å². The quantitative estimate of drug-likeness (QED) is 0.813. The van der Waals surface area contributed by atoms with Crippen LogP contribution in [0.4, 0.5) is 0 Å². The van der Waals surface area contributed by atoms with Crippen LogP contribution in [-0.4, -0.2) is 19.6 Å². The second kappa shape index (κ2) is 8.83. The summed E-state index contributed by atoms with van der Waals surface area (Å²) in [4.78, 5) is 11.3. The number of methoxy groups -OCH3 is 1. The van der Waals surface area contributed by atoms with Crippen LogP contribution >= 0.6 is 0 Å². The van der Waals surface area contributed by atoms with Crippen molar-refractivity contribution in [2.24, 2.45) is 0 Å². The van der Waals surface area contributed by atoms with Gasteiger partial charge in [0.05, 0.1) is 7.11 Å². The van der Waals surface area contributed by atoms with Gasteiger partial charge in [0.2, 0.25) is 5.91 Å². The molecule has 0 atom stereocenters. The topological polar surface area (TPSA) is 47.6 Å². The molecule has 0 heterocycles. The number of ether oxygens (including phenoxy) is 2. The molecule has 1 amide bonds. The molecule has 4 nitrogen and oxygen atoms in total. The van der Waals surface area contributed by atoms with Gasteiger partial charge in [-0.05, 0) is 29.7 Å². The Morgan fingerprint density at radius 3 is 2.52 bits per heavy atom. The first-order valence-electron chi connectivity index (χ1n) is 7.83. The third kappa shape index (κ3) is 5.33. The summed E-state index contributed by atoms with van der Waals surface area (Å²) in [5.74, 6) is 1.50. The Morgan fingerprint density at radius 1 is 1.04 bits per heavy atom. The van der Waals surface area contributed by atoms with Gasteiger partial charge in [-0.25, -0.2) is 0 Å². The zero-order valence-electron chi connectivity index (χ0n) is 13.7. The zero-order valence-corrected chi connectivity index (χ0v) is 13.7. The van der Waals surface area contributed by atoms with Crippen molar-refractivity contribution in [3.63, 3.8) is 0 Å². The molecule has 0 spiro atoms. The lowest BCUT2D eigenvalue weighted by Gasteiger charge is -2.13. The monoisotopic (exact) mass is 313 g/mol. The molecule has 0 aliphatic carbocycles.